The first-order valence-corrected chi connectivity index (χ1v) is 6.93. The van der Waals surface area contributed by atoms with Crippen LogP contribution in [0.15, 0.2) is 24.4 Å². The largest absolute Gasteiger partial charge is 0.488 e. The van der Waals surface area contributed by atoms with Gasteiger partial charge in [-0.25, -0.2) is 8.78 Å². The van der Waals surface area contributed by atoms with Crippen molar-refractivity contribution in [3.63, 3.8) is 0 Å². The van der Waals surface area contributed by atoms with Crippen molar-refractivity contribution in [3.8, 4) is 5.75 Å². The van der Waals surface area contributed by atoms with Crippen LogP contribution in [-0.4, -0.2) is 11.1 Å². The molecule has 2 aromatic rings. The molecule has 1 aliphatic carbocycles. The predicted molar refractivity (Wildman–Crippen MR) is 74.4 cm³/mol. The van der Waals surface area contributed by atoms with Crippen molar-refractivity contribution in [2.75, 3.05) is 0 Å². The number of hydrogen-bond donors (Lipinski definition) is 0. The second kappa shape index (κ2) is 5.00. The van der Waals surface area contributed by atoms with Crippen molar-refractivity contribution >= 4 is 10.9 Å². The Morgan fingerprint density at radius 1 is 1.15 bits per heavy atom. The van der Waals surface area contributed by atoms with Gasteiger partial charge in [0.15, 0.2) is 0 Å². The maximum atomic E-state index is 12.8. The number of fused-ring (bicyclic) bond motifs is 1. The second-order valence-electron chi connectivity index (χ2n) is 5.63. The Hall–Kier alpha value is -1.71. The molecule has 3 rings (SSSR count). The highest BCUT2D eigenvalue weighted by atomic mass is 19.3. The van der Waals surface area contributed by atoms with E-state index in [2.05, 4.69) is 18.8 Å². The van der Waals surface area contributed by atoms with E-state index in [1.54, 1.807) is 0 Å². The molecule has 4 heteroatoms. The number of ether oxygens (including phenoxy) is 1. The van der Waals surface area contributed by atoms with Crippen LogP contribution in [0.25, 0.3) is 10.9 Å². The number of rotatable bonds is 4. The fraction of sp³-hybridized carbons (Fsp3) is 0.438. The first-order chi connectivity index (χ1) is 9.54. The standard InChI is InChI=1S/C16H17F2NO/c1-9(2)10-5-11-6-12(16(17)18)8-19-15(11)14(7-10)20-13-3-4-13/h5-9,13,16H,3-4H2,1-2H3. The van der Waals surface area contributed by atoms with Crippen LogP contribution in [0.2, 0.25) is 0 Å². The van der Waals surface area contributed by atoms with Crippen LogP contribution in [-0.2, 0) is 0 Å². The third kappa shape index (κ3) is 2.60. The highest BCUT2D eigenvalue weighted by Crippen LogP contribution is 2.35. The summed E-state index contributed by atoms with van der Waals surface area (Å²) in [6.07, 6.45) is 1.12. The van der Waals surface area contributed by atoms with Crippen molar-refractivity contribution in [1.29, 1.82) is 0 Å². The van der Waals surface area contributed by atoms with E-state index in [0.29, 0.717) is 11.4 Å². The molecule has 1 saturated carbocycles. The molecule has 0 saturated heterocycles. The van der Waals surface area contributed by atoms with Crippen molar-refractivity contribution in [2.24, 2.45) is 0 Å². The SMILES string of the molecule is CC(C)c1cc(OC2CC2)c2ncc(C(F)F)cc2c1. The molecule has 0 spiro atoms. The molecule has 20 heavy (non-hydrogen) atoms. The van der Waals surface area contributed by atoms with E-state index in [-0.39, 0.29) is 11.7 Å². The molecule has 1 aromatic carbocycles. The van der Waals surface area contributed by atoms with Gasteiger partial charge in [-0.3, -0.25) is 4.98 Å². The van der Waals surface area contributed by atoms with Gasteiger partial charge in [0, 0.05) is 17.1 Å². The van der Waals surface area contributed by atoms with Gasteiger partial charge in [0.2, 0.25) is 0 Å². The van der Waals surface area contributed by atoms with Crippen LogP contribution in [0.5, 0.6) is 5.75 Å². The minimum atomic E-state index is -2.50. The summed E-state index contributed by atoms with van der Waals surface area (Å²) in [5, 5.41) is 0.727. The fourth-order valence-corrected chi connectivity index (χ4v) is 2.16. The van der Waals surface area contributed by atoms with Gasteiger partial charge in [-0.05, 0) is 42.5 Å². The number of nitrogens with zero attached hydrogens (tertiary/aromatic N) is 1. The zero-order valence-corrected chi connectivity index (χ0v) is 11.6. The van der Waals surface area contributed by atoms with E-state index >= 15 is 0 Å². The predicted octanol–water partition coefficient (Wildman–Crippen LogP) is 4.84. The van der Waals surface area contributed by atoms with E-state index in [1.165, 1.54) is 12.3 Å². The molecular weight excluding hydrogens is 260 g/mol. The summed E-state index contributed by atoms with van der Waals surface area (Å²) in [7, 11) is 0. The zero-order valence-electron chi connectivity index (χ0n) is 11.6. The first-order valence-electron chi connectivity index (χ1n) is 6.93. The number of aromatic nitrogens is 1. The van der Waals surface area contributed by atoms with Crippen molar-refractivity contribution < 1.29 is 13.5 Å². The third-order valence-electron chi connectivity index (χ3n) is 3.53. The Labute approximate surface area is 116 Å². The normalized spacial score (nSPS) is 15.3. The molecule has 1 heterocycles. The smallest absolute Gasteiger partial charge is 0.265 e. The van der Waals surface area contributed by atoms with E-state index in [4.69, 9.17) is 4.74 Å². The summed E-state index contributed by atoms with van der Waals surface area (Å²) in [4.78, 5) is 4.18. The van der Waals surface area contributed by atoms with Crippen LogP contribution in [0, 0.1) is 0 Å². The highest BCUT2D eigenvalue weighted by Gasteiger charge is 2.25. The lowest BCUT2D eigenvalue weighted by molar-refractivity contribution is 0.151. The summed E-state index contributed by atoms with van der Waals surface area (Å²) in [5.41, 5.74) is 1.71. The molecule has 0 N–H and O–H groups in total. The third-order valence-corrected chi connectivity index (χ3v) is 3.53. The second-order valence-corrected chi connectivity index (χ2v) is 5.63. The number of alkyl halides is 2. The van der Waals surface area contributed by atoms with Crippen LogP contribution in [0.3, 0.4) is 0 Å². The minimum absolute atomic E-state index is 0.0456. The molecule has 2 nitrogen and oxygen atoms in total. The Morgan fingerprint density at radius 3 is 2.45 bits per heavy atom. The van der Waals surface area contributed by atoms with Crippen LogP contribution >= 0.6 is 0 Å². The number of hydrogen-bond acceptors (Lipinski definition) is 2. The minimum Gasteiger partial charge on any atom is -0.488 e. The molecule has 0 unspecified atom stereocenters. The zero-order chi connectivity index (χ0) is 14.3. The van der Waals surface area contributed by atoms with E-state index in [1.807, 2.05) is 12.1 Å². The highest BCUT2D eigenvalue weighted by molar-refractivity contribution is 5.86. The lowest BCUT2D eigenvalue weighted by Gasteiger charge is -2.13. The first kappa shape index (κ1) is 13.3. The van der Waals surface area contributed by atoms with Crippen LogP contribution in [0.1, 0.15) is 50.2 Å². The van der Waals surface area contributed by atoms with Crippen LogP contribution < -0.4 is 4.74 Å². The van der Waals surface area contributed by atoms with Gasteiger partial charge >= 0.3 is 0 Å². The molecule has 1 aliphatic rings. The Bertz CT molecular complexity index is 630. The molecule has 0 bridgehead atoms. The summed E-state index contributed by atoms with van der Waals surface area (Å²) >= 11 is 0. The Balaban J connectivity index is 2.13. The molecule has 106 valence electrons. The molecule has 0 radical (unpaired) electrons. The average Bonchev–Trinajstić information content (AvgIpc) is 3.21. The summed E-state index contributed by atoms with van der Waals surface area (Å²) in [6, 6.07) is 5.43. The average molecular weight is 277 g/mol. The van der Waals surface area contributed by atoms with Crippen LogP contribution in [0.4, 0.5) is 8.78 Å². The molecule has 0 aliphatic heterocycles. The Morgan fingerprint density at radius 2 is 1.85 bits per heavy atom. The Kier molecular flexibility index (Phi) is 3.32. The van der Waals surface area contributed by atoms with Gasteiger partial charge < -0.3 is 4.74 Å². The maximum absolute atomic E-state index is 12.8. The van der Waals surface area contributed by atoms with Gasteiger partial charge in [0.25, 0.3) is 6.43 Å². The van der Waals surface area contributed by atoms with Gasteiger partial charge in [0.1, 0.15) is 11.3 Å². The molecule has 1 fully saturated rings. The van der Waals surface area contributed by atoms with E-state index in [0.717, 1.165) is 29.5 Å². The number of pyridine rings is 1. The van der Waals surface area contributed by atoms with Gasteiger partial charge in [-0.1, -0.05) is 13.8 Å². The number of halogens is 2. The number of benzene rings is 1. The molecular formula is C16H17F2NO. The van der Waals surface area contributed by atoms with Gasteiger partial charge in [-0.2, -0.15) is 0 Å². The van der Waals surface area contributed by atoms with Crippen molar-refractivity contribution in [1.82, 2.24) is 4.98 Å². The molecule has 1 aromatic heterocycles. The molecule has 0 amide bonds. The van der Waals surface area contributed by atoms with Crippen molar-refractivity contribution in [3.05, 3.63) is 35.5 Å². The fourth-order valence-electron chi connectivity index (χ4n) is 2.16. The summed E-state index contributed by atoms with van der Waals surface area (Å²) < 4.78 is 31.5. The molecule has 0 atom stereocenters. The summed E-state index contributed by atoms with van der Waals surface area (Å²) in [5.74, 6) is 1.03. The van der Waals surface area contributed by atoms with E-state index < -0.39 is 6.43 Å². The maximum Gasteiger partial charge on any atom is 0.265 e. The van der Waals surface area contributed by atoms with Crippen molar-refractivity contribution in [2.45, 2.75) is 45.1 Å². The topological polar surface area (TPSA) is 22.1 Å². The van der Waals surface area contributed by atoms with Gasteiger partial charge in [-0.15, -0.1) is 0 Å². The lowest BCUT2D eigenvalue weighted by atomic mass is 10.00. The van der Waals surface area contributed by atoms with E-state index in [9.17, 15) is 8.78 Å². The lowest BCUT2D eigenvalue weighted by Crippen LogP contribution is -2.00. The monoisotopic (exact) mass is 277 g/mol. The van der Waals surface area contributed by atoms with Gasteiger partial charge in [0.05, 0.1) is 6.10 Å². The summed E-state index contributed by atoms with van der Waals surface area (Å²) in [6.45, 7) is 4.15. The quantitative estimate of drug-likeness (QED) is 0.798.